The molecule has 0 heterocycles. The van der Waals surface area contributed by atoms with Gasteiger partial charge in [0.15, 0.2) is 0 Å². The highest BCUT2D eigenvalue weighted by atomic mass is 79.9. The van der Waals surface area contributed by atoms with Gasteiger partial charge in [0.25, 0.3) is 0 Å². The van der Waals surface area contributed by atoms with Crippen LogP contribution in [0.1, 0.15) is 39.3 Å². The molecule has 1 aromatic carbocycles. The summed E-state index contributed by atoms with van der Waals surface area (Å²) in [5.41, 5.74) is 0.862. The minimum atomic E-state index is -0.219. The number of benzene rings is 1. The van der Waals surface area contributed by atoms with E-state index in [9.17, 15) is 4.79 Å². The number of amides is 2. The lowest BCUT2D eigenvalue weighted by Crippen LogP contribution is -2.47. The number of nitrogens with one attached hydrogen (secondary N) is 2. The van der Waals surface area contributed by atoms with Crippen LogP contribution in [-0.4, -0.2) is 11.6 Å². The molecule has 0 aliphatic rings. The van der Waals surface area contributed by atoms with E-state index in [4.69, 9.17) is 0 Å². The molecule has 4 heteroatoms. The molecule has 2 N–H and O–H groups in total. The Labute approximate surface area is 111 Å². The lowest BCUT2D eigenvalue weighted by Gasteiger charge is -2.23. The van der Waals surface area contributed by atoms with Crippen molar-refractivity contribution in [3.8, 4) is 0 Å². The van der Waals surface area contributed by atoms with Gasteiger partial charge in [0.2, 0.25) is 0 Å². The Bertz CT molecular complexity index is 381. The second kappa shape index (κ2) is 5.54. The van der Waals surface area contributed by atoms with E-state index in [-0.39, 0.29) is 17.6 Å². The molecule has 2 amide bonds. The minimum absolute atomic E-state index is 0.00884. The van der Waals surface area contributed by atoms with Crippen LogP contribution in [-0.2, 0) is 0 Å². The van der Waals surface area contributed by atoms with Crippen molar-refractivity contribution in [1.29, 1.82) is 0 Å². The van der Waals surface area contributed by atoms with Gasteiger partial charge in [0, 0.05) is 10.0 Å². The molecule has 0 aromatic heterocycles. The third kappa shape index (κ3) is 5.22. The fourth-order valence-electron chi connectivity index (χ4n) is 1.41. The van der Waals surface area contributed by atoms with E-state index in [1.54, 1.807) is 0 Å². The fraction of sp³-hybridized carbons (Fsp3) is 0.462. The van der Waals surface area contributed by atoms with Gasteiger partial charge in [0.05, 0.1) is 6.04 Å². The number of hydrogen-bond donors (Lipinski definition) is 2. The summed E-state index contributed by atoms with van der Waals surface area (Å²) >= 11 is 3.39. The molecular formula is C13H19BrN2O. The van der Waals surface area contributed by atoms with Crippen molar-refractivity contribution in [3.63, 3.8) is 0 Å². The summed E-state index contributed by atoms with van der Waals surface area (Å²) in [6.45, 7) is 7.83. The molecule has 0 radical (unpaired) electrons. The van der Waals surface area contributed by atoms with Crippen LogP contribution in [0.3, 0.4) is 0 Å². The van der Waals surface area contributed by atoms with Crippen molar-refractivity contribution in [2.45, 2.75) is 39.3 Å². The average Bonchev–Trinajstić information content (AvgIpc) is 2.15. The van der Waals surface area contributed by atoms with E-state index >= 15 is 0 Å². The normalized spacial score (nSPS) is 13.0. The van der Waals surface area contributed by atoms with Crippen molar-refractivity contribution < 1.29 is 4.79 Å². The van der Waals surface area contributed by atoms with Crippen LogP contribution >= 0.6 is 15.9 Å². The van der Waals surface area contributed by atoms with Crippen LogP contribution in [0.2, 0.25) is 0 Å². The monoisotopic (exact) mass is 298 g/mol. The molecule has 0 spiro atoms. The first-order valence-electron chi connectivity index (χ1n) is 5.62. The van der Waals surface area contributed by atoms with Gasteiger partial charge in [-0.15, -0.1) is 0 Å². The van der Waals surface area contributed by atoms with Crippen molar-refractivity contribution in [1.82, 2.24) is 10.6 Å². The van der Waals surface area contributed by atoms with Crippen molar-refractivity contribution >= 4 is 22.0 Å². The molecule has 0 bridgehead atoms. The van der Waals surface area contributed by atoms with Gasteiger partial charge in [-0.3, -0.25) is 0 Å². The Kier molecular flexibility index (Phi) is 4.57. The Morgan fingerprint density at radius 3 is 2.24 bits per heavy atom. The first-order valence-corrected chi connectivity index (χ1v) is 6.41. The van der Waals surface area contributed by atoms with Gasteiger partial charge >= 0.3 is 6.03 Å². The van der Waals surface area contributed by atoms with Crippen molar-refractivity contribution in [2.75, 3.05) is 0 Å². The van der Waals surface area contributed by atoms with E-state index in [0.29, 0.717) is 0 Å². The van der Waals surface area contributed by atoms with E-state index < -0.39 is 0 Å². The van der Waals surface area contributed by atoms with Crippen LogP contribution in [0, 0.1) is 0 Å². The van der Waals surface area contributed by atoms with Gasteiger partial charge in [-0.25, -0.2) is 4.79 Å². The molecule has 94 valence electrons. The molecule has 0 aliphatic heterocycles. The standard InChI is InChI=1S/C13H19BrN2O/c1-9(10-5-7-11(14)8-6-10)15-12(17)16-13(2,3)4/h5-9H,1-4H3,(H2,15,16,17). The second-order valence-electron chi connectivity index (χ2n) is 5.12. The molecule has 1 rings (SSSR count). The molecule has 3 nitrogen and oxygen atoms in total. The third-order valence-electron chi connectivity index (χ3n) is 2.21. The van der Waals surface area contributed by atoms with E-state index in [2.05, 4.69) is 26.6 Å². The largest absolute Gasteiger partial charge is 0.334 e. The highest BCUT2D eigenvalue weighted by Gasteiger charge is 2.15. The number of carbonyl (C=O) groups excluding carboxylic acids is 1. The predicted molar refractivity (Wildman–Crippen MR) is 74.0 cm³/mol. The second-order valence-corrected chi connectivity index (χ2v) is 6.04. The van der Waals surface area contributed by atoms with Crippen LogP contribution in [0.5, 0.6) is 0 Å². The van der Waals surface area contributed by atoms with Crippen molar-refractivity contribution in [2.24, 2.45) is 0 Å². The molecule has 0 fully saturated rings. The summed E-state index contributed by atoms with van der Waals surface area (Å²) in [6.07, 6.45) is 0. The number of hydrogen-bond acceptors (Lipinski definition) is 1. The number of halogens is 1. The van der Waals surface area contributed by atoms with Crippen LogP contribution in [0.4, 0.5) is 4.79 Å². The Morgan fingerprint density at radius 1 is 1.24 bits per heavy atom. The average molecular weight is 299 g/mol. The predicted octanol–water partition coefficient (Wildman–Crippen LogP) is 3.61. The highest BCUT2D eigenvalue weighted by Crippen LogP contribution is 2.16. The zero-order chi connectivity index (χ0) is 13.1. The van der Waals surface area contributed by atoms with Crippen LogP contribution in [0.15, 0.2) is 28.7 Å². The zero-order valence-electron chi connectivity index (χ0n) is 10.7. The number of carbonyl (C=O) groups is 1. The quantitative estimate of drug-likeness (QED) is 0.860. The maximum Gasteiger partial charge on any atom is 0.315 e. The first-order chi connectivity index (χ1) is 7.78. The third-order valence-corrected chi connectivity index (χ3v) is 2.73. The van der Waals surface area contributed by atoms with Crippen molar-refractivity contribution in [3.05, 3.63) is 34.3 Å². The summed E-state index contributed by atoms with van der Waals surface area (Å²) in [7, 11) is 0. The Morgan fingerprint density at radius 2 is 1.76 bits per heavy atom. The topological polar surface area (TPSA) is 41.1 Å². The Hall–Kier alpha value is -1.03. The lowest BCUT2D eigenvalue weighted by molar-refractivity contribution is 0.229. The molecule has 1 aromatic rings. The summed E-state index contributed by atoms with van der Waals surface area (Å²) in [4.78, 5) is 11.7. The van der Waals surface area contributed by atoms with Gasteiger partial charge < -0.3 is 10.6 Å². The zero-order valence-corrected chi connectivity index (χ0v) is 12.3. The molecular weight excluding hydrogens is 280 g/mol. The molecule has 17 heavy (non-hydrogen) atoms. The molecule has 1 atom stereocenters. The summed E-state index contributed by atoms with van der Waals surface area (Å²) in [5, 5.41) is 5.78. The van der Waals surface area contributed by atoms with E-state index in [1.165, 1.54) is 0 Å². The maximum atomic E-state index is 11.7. The molecule has 1 unspecified atom stereocenters. The van der Waals surface area contributed by atoms with Crippen LogP contribution in [0.25, 0.3) is 0 Å². The van der Waals surface area contributed by atoms with Crippen LogP contribution < -0.4 is 10.6 Å². The van der Waals surface area contributed by atoms with Gasteiger partial charge in [-0.05, 0) is 45.4 Å². The SMILES string of the molecule is CC(NC(=O)NC(C)(C)C)c1ccc(Br)cc1. The summed E-state index contributed by atoms with van der Waals surface area (Å²) in [5.74, 6) is 0. The number of urea groups is 1. The Balaban J connectivity index is 2.57. The number of rotatable bonds is 2. The molecule has 0 saturated carbocycles. The first kappa shape index (κ1) is 14.0. The van der Waals surface area contributed by atoms with Gasteiger partial charge in [-0.1, -0.05) is 28.1 Å². The maximum absolute atomic E-state index is 11.7. The smallest absolute Gasteiger partial charge is 0.315 e. The summed E-state index contributed by atoms with van der Waals surface area (Å²) < 4.78 is 1.03. The minimum Gasteiger partial charge on any atom is -0.334 e. The molecule has 0 saturated heterocycles. The van der Waals surface area contributed by atoms with E-state index in [0.717, 1.165) is 10.0 Å². The van der Waals surface area contributed by atoms with Gasteiger partial charge in [-0.2, -0.15) is 0 Å². The summed E-state index contributed by atoms with van der Waals surface area (Å²) in [6, 6.07) is 7.76. The highest BCUT2D eigenvalue weighted by molar-refractivity contribution is 9.10. The van der Waals surface area contributed by atoms with Gasteiger partial charge in [0.1, 0.15) is 0 Å². The molecule has 0 aliphatic carbocycles. The lowest BCUT2D eigenvalue weighted by atomic mass is 10.1. The fourth-order valence-corrected chi connectivity index (χ4v) is 1.67. The van der Waals surface area contributed by atoms with E-state index in [1.807, 2.05) is 52.0 Å².